The Morgan fingerprint density at radius 1 is 1.59 bits per heavy atom. The van der Waals surface area contributed by atoms with Crippen LogP contribution < -0.4 is 4.72 Å². The third-order valence-corrected chi connectivity index (χ3v) is 3.11. The SMILES string of the molecule is CCOC(=O)CS(=O)(=O)NCCc1ncc[nH]1. The molecular weight excluding hydrogens is 246 g/mol. The molecule has 8 heteroatoms. The lowest BCUT2D eigenvalue weighted by Crippen LogP contribution is -2.32. The Labute approximate surface area is 99.6 Å². The Balaban J connectivity index is 2.32. The third kappa shape index (κ3) is 5.45. The van der Waals surface area contributed by atoms with Gasteiger partial charge in [-0.1, -0.05) is 0 Å². The first kappa shape index (κ1) is 13.7. The number of ether oxygens (including phenoxy) is 1. The second-order valence-electron chi connectivity index (χ2n) is 3.24. The van der Waals surface area contributed by atoms with Gasteiger partial charge in [-0.15, -0.1) is 0 Å². The van der Waals surface area contributed by atoms with E-state index in [1.807, 2.05) is 0 Å². The van der Waals surface area contributed by atoms with Crippen molar-refractivity contribution in [1.29, 1.82) is 0 Å². The minimum Gasteiger partial charge on any atom is -0.465 e. The zero-order valence-corrected chi connectivity index (χ0v) is 10.3. The van der Waals surface area contributed by atoms with E-state index in [4.69, 9.17) is 0 Å². The van der Waals surface area contributed by atoms with Gasteiger partial charge >= 0.3 is 5.97 Å². The van der Waals surface area contributed by atoms with Gasteiger partial charge in [0.15, 0.2) is 5.75 Å². The molecule has 1 rings (SSSR count). The van der Waals surface area contributed by atoms with Crippen LogP contribution in [-0.2, 0) is 26.0 Å². The van der Waals surface area contributed by atoms with Gasteiger partial charge in [0.2, 0.25) is 10.0 Å². The molecule has 7 nitrogen and oxygen atoms in total. The lowest BCUT2D eigenvalue weighted by atomic mass is 10.4. The summed E-state index contributed by atoms with van der Waals surface area (Å²) in [4.78, 5) is 17.8. The second kappa shape index (κ2) is 6.36. The predicted molar refractivity (Wildman–Crippen MR) is 60.7 cm³/mol. The number of carbonyl (C=O) groups excluding carboxylic acids is 1. The number of carbonyl (C=O) groups is 1. The number of nitrogens with one attached hydrogen (secondary N) is 2. The average Bonchev–Trinajstić information content (AvgIpc) is 2.69. The Morgan fingerprint density at radius 2 is 2.35 bits per heavy atom. The molecule has 2 N–H and O–H groups in total. The van der Waals surface area contributed by atoms with Crippen LogP contribution in [0.5, 0.6) is 0 Å². The highest BCUT2D eigenvalue weighted by Crippen LogP contribution is 1.92. The number of imidazole rings is 1. The second-order valence-corrected chi connectivity index (χ2v) is 5.05. The zero-order chi connectivity index (χ0) is 12.7. The highest BCUT2D eigenvalue weighted by molar-refractivity contribution is 7.90. The molecule has 0 aliphatic heterocycles. The van der Waals surface area contributed by atoms with E-state index in [1.165, 1.54) is 0 Å². The molecule has 0 atom stereocenters. The minimum atomic E-state index is -3.62. The fourth-order valence-electron chi connectivity index (χ4n) is 1.17. The van der Waals surface area contributed by atoms with E-state index < -0.39 is 21.7 Å². The molecule has 0 fully saturated rings. The first-order valence-corrected chi connectivity index (χ1v) is 6.80. The molecule has 0 radical (unpaired) electrons. The maximum Gasteiger partial charge on any atom is 0.322 e. The van der Waals surface area contributed by atoms with Gasteiger partial charge in [0.05, 0.1) is 6.61 Å². The zero-order valence-electron chi connectivity index (χ0n) is 9.47. The highest BCUT2D eigenvalue weighted by atomic mass is 32.2. The standard InChI is InChI=1S/C9H15N3O4S/c1-2-16-9(13)7-17(14,15)12-4-3-8-10-5-6-11-8/h5-6,12H,2-4,7H2,1H3,(H,10,11). The van der Waals surface area contributed by atoms with Crippen molar-refractivity contribution in [3.05, 3.63) is 18.2 Å². The summed E-state index contributed by atoms with van der Waals surface area (Å²) in [5, 5.41) is 0. The van der Waals surface area contributed by atoms with Crippen LogP contribution in [0.15, 0.2) is 12.4 Å². The first-order valence-electron chi connectivity index (χ1n) is 5.14. The lowest BCUT2D eigenvalue weighted by molar-refractivity contribution is -0.139. The van der Waals surface area contributed by atoms with E-state index in [0.717, 1.165) is 0 Å². The van der Waals surface area contributed by atoms with E-state index in [1.54, 1.807) is 19.3 Å². The molecular formula is C9H15N3O4S. The van der Waals surface area contributed by atoms with Gasteiger partial charge < -0.3 is 9.72 Å². The molecule has 1 heterocycles. The van der Waals surface area contributed by atoms with Gasteiger partial charge in [0, 0.05) is 25.4 Å². The molecule has 0 amide bonds. The Kier molecular flexibility index (Phi) is 5.11. The summed E-state index contributed by atoms with van der Waals surface area (Å²) in [5.41, 5.74) is 0. The molecule has 96 valence electrons. The van der Waals surface area contributed by atoms with Crippen molar-refractivity contribution in [2.45, 2.75) is 13.3 Å². The maximum absolute atomic E-state index is 11.4. The monoisotopic (exact) mass is 261 g/mol. The maximum atomic E-state index is 11.4. The lowest BCUT2D eigenvalue weighted by Gasteiger charge is -2.05. The van der Waals surface area contributed by atoms with E-state index in [2.05, 4.69) is 19.4 Å². The van der Waals surface area contributed by atoms with Crippen LogP contribution in [0.3, 0.4) is 0 Å². The Morgan fingerprint density at radius 3 is 2.94 bits per heavy atom. The molecule has 0 spiro atoms. The number of hydrogen-bond acceptors (Lipinski definition) is 5. The molecule has 0 unspecified atom stereocenters. The smallest absolute Gasteiger partial charge is 0.322 e. The summed E-state index contributed by atoms with van der Waals surface area (Å²) in [6, 6.07) is 0. The molecule has 0 saturated heterocycles. The third-order valence-electron chi connectivity index (χ3n) is 1.85. The molecule has 1 aromatic rings. The van der Waals surface area contributed by atoms with Crippen LogP contribution >= 0.6 is 0 Å². The van der Waals surface area contributed by atoms with Crippen molar-refractivity contribution in [3.8, 4) is 0 Å². The fraction of sp³-hybridized carbons (Fsp3) is 0.556. The molecule has 0 aliphatic carbocycles. The number of H-pyrrole nitrogens is 1. The molecule has 0 saturated carbocycles. The Bertz CT molecular complexity index is 441. The van der Waals surface area contributed by atoms with Crippen LogP contribution in [0, 0.1) is 0 Å². The summed E-state index contributed by atoms with van der Waals surface area (Å²) in [6.45, 7) is 1.98. The largest absolute Gasteiger partial charge is 0.465 e. The van der Waals surface area contributed by atoms with Gasteiger partial charge in [-0.3, -0.25) is 4.79 Å². The van der Waals surface area contributed by atoms with Crippen LogP contribution in [-0.4, -0.2) is 43.3 Å². The van der Waals surface area contributed by atoms with Gasteiger partial charge in [0.25, 0.3) is 0 Å². The number of aromatic amines is 1. The first-order chi connectivity index (χ1) is 8.03. The van der Waals surface area contributed by atoms with E-state index in [0.29, 0.717) is 12.2 Å². The molecule has 0 aliphatic rings. The number of esters is 1. The number of sulfonamides is 1. The van der Waals surface area contributed by atoms with Gasteiger partial charge in [-0.2, -0.15) is 0 Å². The average molecular weight is 261 g/mol. The number of rotatable bonds is 7. The van der Waals surface area contributed by atoms with Gasteiger partial charge in [0.1, 0.15) is 5.82 Å². The van der Waals surface area contributed by atoms with Crippen molar-refractivity contribution in [2.75, 3.05) is 18.9 Å². The highest BCUT2D eigenvalue weighted by Gasteiger charge is 2.16. The van der Waals surface area contributed by atoms with Crippen LogP contribution in [0.2, 0.25) is 0 Å². The Hall–Kier alpha value is -1.41. The normalized spacial score (nSPS) is 11.4. The van der Waals surface area contributed by atoms with Gasteiger partial charge in [-0.05, 0) is 6.92 Å². The predicted octanol–water partition coefficient (Wildman–Crippen LogP) is -0.565. The van der Waals surface area contributed by atoms with Crippen LogP contribution in [0.1, 0.15) is 12.7 Å². The van der Waals surface area contributed by atoms with Crippen LogP contribution in [0.4, 0.5) is 0 Å². The molecule has 17 heavy (non-hydrogen) atoms. The topological polar surface area (TPSA) is 101 Å². The number of hydrogen-bond donors (Lipinski definition) is 2. The summed E-state index contributed by atoms with van der Waals surface area (Å²) >= 11 is 0. The summed E-state index contributed by atoms with van der Waals surface area (Å²) in [5.74, 6) is -0.722. The molecule has 0 bridgehead atoms. The van der Waals surface area contributed by atoms with Crippen LogP contribution in [0.25, 0.3) is 0 Å². The number of nitrogens with zero attached hydrogens (tertiary/aromatic N) is 1. The fourth-order valence-corrected chi connectivity index (χ4v) is 2.08. The quantitative estimate of drug-likeness (QED) is 0.640. The van der Waals surface area contributed by atoms with Crippen molar-refractivity contribution in [2.24, 2.45) is 0 Å². The van der Waals surface area contributed by atoms with Crippen molar-refractivity contribution < 1.29 is 17.9 Å². The van der Waals surface area contributed by atoms with E-state index >= 15 is 0 Å². The molecule has 1 aromatic heterocycles. The summed E-state index contributed by atoms with van der Waals surface area (Å²) in [6.07, 6.45) is 3.68. The van der Waals surface area contributed by atoms with Crippen molar-refractivity contribution >= 4 is 16.0 Å². The van der Waals surface area contributed by atoms with Gasteiger partial charge in [-0.25, -0.2) is 18.1 Å². The number of aromatic nitrogens is 2. The van der Waals surface area contributed by atoms with Crippen molar-refractivity contribution in [3.63, 3.8) is 0 Å². The van der Waals surface area contributed by atoms with E-state index in [-0.39, 0.29) is 13.2 Å². The minimum absolute atomic E-state index is 0.167. The van der Waals surface area contributed by atoms with Crippen molar-refractivity contribution in [1.82, 2.24) is 14.7 Å². The summed E-state index contributed by atoms with van der Waals surface area (Å²) < 4.78 is 29.7. The summed E-state index contributed by atoms with van der Waals surface area (Å²) in [7, 11) is -3.62. The van der Waals surface area contributed by atoms with E-state index in [9.17, 15) is 13.2 Å². The molecule has 0 aromatic carbocycles.